The highest BCUT2D eigenvalue weighted by molar-refractivity contribution is 6.26. The second-order valence-electron chi connectivity index (χ2n) is 8.05. The first-order valence-corrected chi connectivity index (χ1v) is 11.2. The Morgan fingerprint density at radius 3 is 2.37 bits per heavy atom. The van der Waals surface area contributed by atoms with E-state index in [0.717, 1.165) is 17.8 Å². The first kappa shape index (κ1) is 18.9. The number of aryl methyl sites for hydroxylation is 1. The van der Waals surface area contributed by atoms with Crippen LogP contribution in [0.4, 0.5) is 0 Å². The third-order valence-electron chi connectivity index (χ3n) is 6.16. The van der Waals surface area contributed by atoms with Crippen molar-refractivity contribution in [1.29, 1.82) is 0 Å². The topological polar surface area (TPSA) is 26.5 Å². The molecule has 3 nitrogen and oxygen atoms in total. The van der Waals surface area contributed by atoms with Crippen LogP contribution in [0.5, 0.6) is 0 Å². The molecule has 0 aliphatic heterocycles. The lowest BCUT2D eigenvalue weighted by Crippen LogP contribution is -2.02. The largest absolute Gasteiger partial charge is 0.396 e. The van der Waals surface area contributed by atoms with Gasteiger partial charge in [0, 0.05) is 39.5 Å². The number of benzene rings is 3. The molecule has 0 fully saturated rings. The van der Waals surface area contributed by atoms with E-state index < -0.39 is 0 Å². The van der Waals surface area contributed by atoms with Gasteiger partial charge in [0.25, 0.3) is 0 Å². The summed E-state index contributed by atoms with van der Waals surface area (Å²) in [4.78, 5) is 5.51. The van der Waals surface area contributed by atoms with Gasteiger partial charge in [-0.2, -0.15) is 0 Å². The predicted molar refractivity (Wildman–Crippen MR) is 126 cm³/mol. The zero-order chi connectivity index (χ0) is 20.5. The van der Waals surface area contributed by atoms with E-state index in [4.69, 9.17) is 4.84 Å². The Balaban J connectivity index is 1.73. The average molecular weight is 397 g/mol. The van der Waals surface area contributed by atoms with Gasteiger partial charge in [0.2, 0.25) is 0 Å². The Hall–Kier alpha value is -3.07. The molecule has 1 heterocycles. The summed E-state index contributed by atoms with van der Waals surface area (Å²) in [6.45, 7) is 5.86. The molecule has 1 aliphatic carbocycles. The second kappa shape index (κ2) is 7.98. The van der Waals surface area contributed by atoms with Crippen LogP contribution in [0.2, 0.25) is 0 Å². The van der Waals surface area contributed by atoms with E-state index in [2.05, 4.69) is 77.3 Å². The third-order valence-corrected chi connectivity index (χ3v) is 6.16. The van der Waals surface area contributed by atoms with E-state index >= 15 is 0 Å². The molecule has 0 spiro atoms. The van der Waals surface area contributed by atoms with Crippen LogP contribution in [-0.2, 0) is 11.4 Å². The van der Waals surface area contributed by atoms with E-state index in [1.807, 2.05) is 6.92 Å². The lowest BCUT2D eigenvalue weighted by Gasteiger charge is -2.09. The molecule has 30 heavy (non-hydrogen) atoms. The van der Waals surface area contributed by atoms with Crippen LogP contribution in [0.25, 0.3) is 32.9 Å². The minimum absolute atomic E-state index is 0.570. The summed E-state index contributed by atoms with van der Waals surface area (Å²) in [5, 5.41) is 7.17. The van der Waals surface area contributed by atoms with Gasteiger partial charge >= 0.3 is 0 Å². The van der Waals surface area contributed by atoms with E-state index in [1.54, 1.807) is 0 Å². The fourth-order valence-corrected chi connectivity index (χ4v) is 4.75. The van der Waals surface area contributed by atoms with Gasteiger partial charge in [0.05, 0.1) is 0 Å². The SMILES string of the molecule is CCCCCCn1c2ccccc2c2cc3c(cc21)/C(=N/OCC)c1ccccc1-3. The van der Waals surface area contributed by atoms with Crippen LogP contribution in [0.15, 0.2) is 65.8 Å². The molecular formula is C27H28N2O. The molecule has 1 aliphatic rings. The summed E-state index contributed by atoms with van der Waals surface area (Å²) in [6.07, 6.45) is 5.04. The lowest BCUT2D eigenvalue weighted by molar-refractivity contribution is 0.159. The Morgan fingerprint density at radius 1 is 0.733 bits per heavy atom. The molecule has 0 bridgehead atoms. The highest BCUT2D eigenvalue weighted by atomic mass is 16.6. The number of unbranched alkanes of at least 4 members (excludes halogenated alkanes) is 3. The van der Waals surface area contributed by atoms with Crippen LogP contribution in [0.3, 0.4) is 0 Å². The fraction of sp³-hybridized carbons (Fsp3) is 0.296. The summed E-state index contributed by atoms with van der Waals surface area (Å²) in [6, 6.07) is 22.0. The molecule has 0 atom stereocenters. The van der Waals surface area contributed by atoms with Crippen molar-refractivity contribution in [2.75, 3.05) is 6.61 Å². The highest BCUT2D eigenvalue weighted by Crippen LogP contribution is 2.42. The first-order chi connectivity index (χ1) is 14.8. The molecule has 1 aromatic heterocycles. The van der Waals surface area contributed by atoms with Gasteiger partial charge in [0.1, 0.15) is 12.3 Å². The summed E-state index contributed by atoms with van der Waals surface area (Å²) >= 11 is 0. The third kappa shape index (κ3) is 3.00. The Morgan fingerprint density at radius 2 is 1.53 bits per heavy atom. The van der Waals surface area contributed by atoms with Gasteiger partial charge in [-0.15, -0.1) is 0 Å². The van der Waals surface area contributed by atoms with Crippen LogP contribution in [0, 0.1) is 0 Å². The molecular weight excluding hydrogens is 368 g/mol. The molecule has 0 amide bonds. The molecule has 3 aromatic carbocycles. The normalized spacial score (nSPS) is 13.9. The summed E-state index contributed by atoms with van der Waals surface area (Å²) in [7, 11) is 0. The minimum Gasteiger partial charge on any atom is -0.396 e. The number of fused-ring (bicyclic) bond motifs is 6. The van der Waals surface area contributed by atoms with E-state index in [9.17, 15) is 0 Å². The van der Waals surface area contributed by atoms with Crippen LogP contribution < -0.4 is 0 Å². The number of hydrogen-bond donors (Lipinski definition) is 0. The van der Waals surface area contributed by atoms with Gasteiger partial charge in [-0.25, -0.2) is 0 Å². The zero-order valence-corrected chi connectivity index (χ0v) is 17.8. The Bertz CT molecular complexity index is 1250. The molecule has 0 saturated carbocycles. The molecule has 152 valence electrons. The first-order valence-electron chi connectivity index (χ1n) is 11.2. The molecule has 0 N–H and O–H groups in total. The van der Waals surface area contributed by atoms with Crippen molar-refractivity contribution in [1.82, 2.24) is 4.57 Å². The number of aromatic nitrogens is 1. The van der Waals surface area contributed by atoms with Crippen molar-refractivity contribution in [3.05, 3.63) is 71.8 Å². The van der Waals surface area contributed by atoms with Gasteiger partial charge in [-0.3, -0.25) is 0 Å². The molecule has 3 heteroatoms. The number of para-hydroxylation sites is 1. The summed E-state index contributed by atoms with van der Waals surface area (Å²) < 4.78 is 2.50. The van der Waals surface area contributed by atoms with Crippen molar-refractivity contribution in [3.8, 4) is 11.1 Å². The van der Waals surface area contributed by atoms with E-state index in [0.29, 0.717) is 6.61 Å². The van der Waals surface area contributed by atoms with Crippen molar-refractivity contribution in [3.63, 3.8) is 0 Å². The Labute approximate surface area is 178 Å². The summed E-state index contributed by atoms with van der Waals surface area (Å²) in [5.41, 5.74) is 8.40. The maximum Gasteiger partial charge on any atom is 0.118 e. The quantitative estimate of drug-likeness (QED) is 0.212. The van der Waals surface area contributed by atoms with Crippen molar-refractivity contribution in [2.24, 2.45) is 5.16 Å². The van der Waals surface area contributed by atoms with Crippen molar-refractivity contribution < 1.29 is 4.84 Å². The zero-order valence-electron chi connectivity index (χ0n) is 17.8. The maximum atomic E-state index is 5.51. The number of rotatable bonds is 7. The smallest absolute Gasteiger partial charge is 0.118 e. The van der Waals surface area contributed by atoms with Gasteiger partial charge in [0.15, 0.2) is 0 Å². The predicted octanol–water partition coefficient (Wildman–Crippen LogP) is 7.14. The Kier molecular flexibility index (Phi) is 5.04. The molecule has 0 unspecified atom stereocenters. The molecule has 0 radical (unpaired) electrons. The number of oxime groups is 1. The standard InChI is InChI=1S/C27H28N2O/c1-3-5-6-11-16-29-25-15-10-9-13-20(25)23-17-22-19-12-7-8-14-21(19)27(28-30-4-2)24(22)18-26(23)29/h7-10,12-15,17-18H,3-6,11,16H2,1-2H3/b28-27+. The van der Waals surface area contributed by atoms with Crippen molar-refractivity contribution >= 4 is 27.5 Å². The van der Waals surface area contributed by atoms with Crippen LogP contribution in [0.1, 0.15) is 50.7 Å². The lowest BCUT2D eigenvalue weighted by atomic mass is 10.0. The van der Waals surface area contributed by atoms with Gasteiger partial charge < -0.3 is 9.40 Å². The number of hydrogen-bond acceptors (Lipinski definition) is 2. The van der Waals surface area contributed by atoms with Crippen molar-refractivity contribution in [2.45, 2.75) is 46.1 Å². The highest BCUT2D eigenvalue weighted by Gasteiger charge is 2.27. The molecule has 0 saturated heterocycles. The molecule has 5 rings (SSSR count). The van der Waals surface area contributed by atoms with Gasteiger partial charge in [-0.05, 0) is 42.7 Å². The van der Waals surface area contributed by atoms with E-state index in [1.165, 1.54) is 64.2 Å². The minimum atomic E-state index is 0.570. The fourth-order valence-electron chi connectivity index (χ4n) is 4.75. The number of nitrogens with zero attached hydrogens (tertiary/aromatic N) is 2. The monoisotopic (exact) mass is 396 g/mol. The van der Waals surface area contributed by atoms with Crippen LogP contribution in [-0.4, -0.2) is 16.9 Å². The van der Waals surface area contributed by atoms with Gasteiger partial charge in [-0.1, -0.05) is 73.8 Å². The molecule has 4 aromatic rings. The second-order valence-corrected chi connectivity index (χ2v) is 8.05. The average Bonchev–Trinajstić information content (AvgIpc) is 3.26. The summed E-state index contributed by atoms with van der Waals surface area (Å²) in [5.74, 6) is 0. The van der Waals surface area contributed by atoms with Crippen LogP contribution >= 0.6 is 0 Å². The van der Waals surface area contributed by atoms with E-state index in [-0.39, 0.29) is 0 Å². The maximum absolute atomic E-state index is 5.51.